The van der Waals surface area contributed by atoms with Gasteiger partial charge in [0.15, 0.2) is 5.82 Å². The molecule has 1 saturated carbocycles. The van der Waals surface area contributed by atoms with Crippen LogP contribution in [0.25, 0.3) is 0 Å². The van der Waals surface area contributed by atoms with Crippen molar-refractivity contribution in [2.75, 3.05) is 30.9 Å². The summed E-state index contributed by atoms with van der Waals surface area (Å²) in [6.07, 6.45) is 3.53. The van der Waals surface area contributed by atoms with Crippen molar-refractivity contribution < 1.29 is 9.47 Å². The van der Waals surface area contributed by atoms with E-state index in [9.17, 15) is 0 Å². The molecule has 118 valence electrons. The third kappa shape index (κ3) is 4.82. The monoisotopic (exact) mass is 294 g/mol. The van der Waals surface area contributed by atoms with Gasteiger partial charge in [-0.2, -0.15) is 0 Å². The summed E-state index contributed by atoms with van der Waals surface area (Å²) < 4.78 is 10.7. The fourth-order valence-electron chi connectivity index (χ4n) is 2.37. The van der Waals surface area contributed by atoms with Crippen LogP contribution in [0, 0.1) is 0 Å². The van der Waals surface area contributed by atoms with E-state index in [0.717, 1.165) is 44.0 Å². The first-order valence-electron chi connectivity index (χ1n) is 7.74. The molecule has 6 heteroatoms. The topological polar surface area (TPSA) is 68.3 Å². The van der Waals surface area contributed by atoms with Crippen molar-refractivity contribution in [1.82, 2.24) is 9.97 Å². The molecule has 0 aromatic carbocycles. The van der Waals surface area contributed by atoms with Crippen LogP contribution in [0.15, 0.2) is 6.07 Å². The third-order valence-corrected chi connectivity index (χ3v) is 3.45. The number of ether oxygens (including phenoxy) is 2. The fourth-order valence-corrected chi connectivity index (χ4v) is 2.37. The molecule has 1 aromatic rings. The fraction of sp³-hybridized carbons (Fsp3) is 0.733. The molecule has 0 unspecified atom stereocenters. The minimum absolute atomic E-state index is 0.394. The van der Waals surface area contributed by atoms with Crippen molar-refractivity contribution in [1.29, 1.82) is 0 Å². The van der Waals surface area contributed by atoms with E-state index < -0.39 is 0 Å². The average molecular weight is 294 g/mol. The Morgan fingerprint density at radius 1 is 1.24 bits per heavy atom. The first-order chi connectivity index (χ1) is 10.2. The number of rotatable bonds is 9. The van der Waals surface area contributed by atoms with E-state index in [-0.39, 0.29) is 0 Å². The van der Waals surface area contributed by atoms with Crippen molar-refractivity contribution in [3.63, 3.8) is 0 Å². The van der Waals surface area contributed by atoms with E-state index in [1.165, 1.54) is 0 Å². The van der Waals surface area contributed by atoms with E-state index in [1.807, 2.05) is 13.0 Å². The van der Waals surface area contributed by atoms with Gasteiger partial charge in [-0.1, -0.05) is 6.92 Å². The van der Waals surface area contributed by atoms with Gasteiger partial charge in [0.1, 0.15) is 18.2 Å². The molecule has 1 fully saturated rings. The largest absolute Gasteiger partial charge is 0.378 e. The summed E-state index contributed by atoms with van der Waals surface area (Å²) in [5, 5.41) is 6.76. The number of methoxy groups -OCH3 is 1. The Morgan fingerprint density at radius 3 is 2.67 bits per heavy atom. The van der Waals surface area contributed by atoms with Crippen molar-refractivity contribution >= 4 is 11.6 Å². The maximum Gasteiger partial charge on any atom is 0.158 e. The van der Waals surface area contributed by atoms with Gasteiger partial charge in [0.05, 0.1) is 6.10 Å². The van der Waals surface area contributed by atoms with Gasteiger partial charge < -0.3 is 20.1 Å². The highest BCUT2D eigenvalue weighted by atomic mass is 16.5. The molecule has 2 rings (SSSR count). The van der Waals surface area contributed by atoms with E-state index >= 15 is 0 Å². The van der Waals surface area contributed by atoms with Gasteiger partial charge in [-0.3, -0.25) is 0 Å². The van der Waals surface area contributed by atoms with Crippen LogP contribution in [0.2, 0.25) is 0 Å². The zero-order chi connectivity index (χ0) is 15.1. The van der Waals surface area contributed by atoms with Crippen molar-refractivity contribution in [3.8, 4) is 0 Å². The van der Waals surface area contributed by atoms with Gasteiger partial charge in [-0.25, -0.2) is 9.97 Å². The standard InChI is InChI=1S/C15H26N4O2/c1-4-6-16-13-9-14(19-15(18-13)10-20-3)17-11-7-12(8-11)21-5-2/h9,11-12H,4-8,10H2,1-3H3,(H2,16,17,18,19). The molecule has 6 nitrogen and oxygen atoms in total. The lowest BCUT2D eigenvalue weighted by molar-refractivity contribution is 0.00292. The number of hydrogen-bond acceptors (Lipinski definition) is 6. The lowest BCUT2D eigenvalue weighted by Gasteiger charge is -2.35. The van der Waals surface area contributed by atoms with Gasteiger partial charge in [0.25, 0.3) is 0 Å². The predicted molar refractivity (Wildman–Crippen MR) is 83.6 cm³/mol. The lowest BCUT2D eigenvalue weighted by Crippen LogP contribution is -2.41. The smallest absolute Gasteiger partial charge is 0.158 e. The second-order valence-electron chi connectivity index (χ2n) is 5.30. The normalized spacial score (nSPS) is 20.9. The van der Waals surface area contributed by atoms with Gasteiger partial charge in [-0.15, -0.1) is 0 Å². The Bertz CT molecular complexity index is 436. The highest BCUT2D eigenvalue weighted by Crippen LogP contribution is 2.26. The molecular weight excluding hydrogens is 268 g/mol. The van der Waals surface area contributed by atoms with Gasteiger partial charge in [0, 0.05) is 32.4 Å². The molecule has 0 radical (unpaired) electrons. The Hall–Kier alpha value is -1.40. The number of hydrogen-bond donors (Lipinski definition) is 2. The van der Waals surface area contributed by atoms with Crippen LogP contribution in [0.4, 0.5) is 11.6 Å². The summed E-state index contributed by atoms with van der Waals surface area (Å²) in [5.74, 6) is 2.40. The highest BCUT2D eigenvalue weighted by molar-refractivity contribution is 5.48. The second kappa shape index (κ2) is 8.14. The quantitative estimate of drug-likeness (QED) is 0.729. The summed E-state index contributed by atoms with van der Waals surface area (Å²) in [7, 11) is 1.65. The predicted octanol–water partition coefficient (Wildman–Crippen LogP) is 2.42. The van der Waals surface area contributed by atoms with Crippen LogP contribution >= 0.6 is 0 Å². The molecule has 1 aliphatic rings. The molecular formula is C15H26N4O2. The van der Waals surface area contributed by atoms with Crippen LogP contribution in [0.1, 0.15) is 38.9 Å². The SMILES string of the molecule is CCCNc1cc(NC2CC(OCC)C2)nc(COC)n1. The Balaban J connectivity index is 1.95. The molecule has 0 amide bonds. The molecule has 0 aliphatic heterocycles. The first-order valence-corrected chi connectivity index (χ1v) is 7.74. The minimum Gasteiger partial charge on any atom is -0.378 e. The van der Waals surface area contributed by atoms with E-state index in [0.29, 0.717) is 24.6 Å². The molecule has 0 spiro atoms. The van der Waals surface area contributed by atoms with Gasteiger partial charge in [0.2, 0.25) is 0 Å². The zero-order valence-electron chi connectivity index (χ0n) is 13.2. The van der Waals surface area contributed by atoms with Gasteiger partial charge in [-0.05, 0) is 26.2 Å². The maximum atomic E-state index is 5.58. The lowest BCUT2D eigenvalue weighted by atomic mass is 9.89. The summed E-state index contributed by atoms with van der Waals surface area (Å²) in [5.41, 5.74) is 0. The molecule has 21 heavy (non-hydrogen) atoms. The maximum absolute atomic E-state index is 5.58. The summed E-state index contributed by atoms with van der Waals surface area (Å²) in [4.78, 5) is 8.94. The molecule has 0 saturated heterocycles. The zero-order valence-corrected chi connectivity index (χ0v) is 13.2. The Kier molecular flexibility index (Phi) is 6.20. The number of nitrogens with zero attached hydrogens (tertiary/aromatic N) is 2. The molecule has 0 atom stereocenters. The molecule has 1 heterocycles. The Labute approximate surface area is 126 Å². The second-order valence-corrected chi connectivity index (χ2v) is 5.30. The molecule has 2 N–H and O–H groups in total. The molecule has 0 bridgehead atoms. The van der Waals surface area contributed by atoms with Crippen LogP contribution in [-0.2, 0) is 16.1 Å². The van der Waals surface area contributed by atoms with Crippen LogP contribution in [0.3, 0.4) is 0 Å². The number of nitrogens with one attached hydrogen (secondary N) is 2. The first kappa shape index (κ1) is 16.0. The van der Waals surface area contributed by atoms with Crippen LogP contribution < -0.4 is 10.6 Å². The summed E-state index contributed by atoms with van der Waals surface area (Å²) in [6, 6.07) is 2.40. The van der Waals surface area contributed by atoms with Gasteiger partial charge >= 0.3 is 0 Å². The molecule has 1 aliphatic carbocycles. The number of anilines is 2. The summed E-state index contributed by atoms with van der Waals surface area (Å²) >= 11 is 0. The van der Waals surface area contributed by atoms with E-state index in [2.05, 4.69) is 27.5 Å². The van der Waals surface area contributed by atoms with Crippen LogP contribution in [0.5, 0.6) is 0 Å². The van der Waals surface area contributed by atoms with Crippen molar-refractivity contribution in [2.24, 2.45) is 0 Å². The number of aromatic nitrogens is 2. The highest BCUT2D eigenvalue weighted by Gasteiger charge is 2.29. The summed E-state index contributed by atoms with van der Waals surface area (Å²) in [6.45, 7) is 6.27. The van der Waals surface area contributed by atoms with E-state index in [1.54, 1.807) is 7.11 Å². The average Bonchev–Trinajstić information content (AvgIpc) is 2.43. The Morgan fingerprint density at radius 2 is 2.00 bits per heavy atom. The third-order valence-electron chi connectivity index (χ3n) is 3.45. The van der Waals surface area contributed by atoms with Crippen molar-refractivity contribution in [2.45, 2.75) is 51.9 Å². The van der Waals surface area contributed by atoms with Crippen molar-refractivity contribution in [3.05, 3.63) is 11.9 Å². The van der Waals surface area contributed by atoms with E-state index in [4.69, 9.17) is 9.47 Å². The molecule has 1 aromatic heterocycles. The van der Waals surface area contributed by atoms with Crippen LogP contribution in [-0.4, -0.2) is 42.4 Å². The minimum atomic E-state index is 0.394.